The highest BCUT2D eigenvalue weighted by atomic mass is 19.1. The van der Waals surface area contributed by atoms with E-state index < -0.39 is 17.4 Å². The predicted molar refractivity (Wildman–Crippen MR) is 133 cm³/mol. The Balaban J connectivity index is 1.79. The van der Waals surface area contributed by atoms with Crippen LogP contribution in [0.15, 0.2) is 78.9 Å². The number of hydrogen-bond acceptors (Lipinski definition) is 4. The Hall–Kier alpha value is -4.07. The van der Waals surface area contributed by atoms with Gasteiger partial charge in [-0.15, -0.1) is 5.10 Å². The van der Waals surface area contributed by atoms with E-state index in [0.29, 0.717) is 28.7 Å². The van der Waals surface area contributed by atoms with Gasteiger partial charge < -0.3 is 5.32 Å². The Morgan fingerprint density at radius 1 is 1.00 bits per heavy atom. The molecular weight excluding hydrogens is 445 g/mol. The van der Waals surface area contributed by atoms with Crippen LogP contribution in [0.4, 0.5) is 10.1 Å². The number of nitrogens with zero attached hydrogens (tertiary/aromatic N) is 4. The third kappa shape index (κ3) is 5.37. The maximum absolute atomic E-state index is 13.9. The molecule has 35 heavy (non-hydrogen) atoms. The fourth-order valence-electron chi connectivity index (χ4n) is 3.82. The molecule has 8 heteroatoms. The molecule has 0 spiro atoms. The third-order valence-corrected chi connectivity index (χ3v) is 6.05. The maximum Gasteiger partial charge on any atom is 0.249 e. The largest absolute Gasteiger partial charge is 0.349 e. The minimum Gasteiger partial charge on any atom is -0.349 e. The molecule has 0 saturated carbocycles. The number of amides is 2. The first-order valence-electron chi connectivity index (χ1n) is 11.5. The molecule has 0 aliphatic heterocycles. The van der Waals surface area contributed by atoms with E-state index in [0.717, 1.165) is 0 Å². The summed E-state index contributed by atoms with van der Waals surface area (Å²) in [6, 6.07) is 21.0. The fraction of sp³-hybridized carbons (Fsp3) is 0.259. The third-order valence-electron chi connectivity index (χ3n) is 6.05. The van der Waals surface area contributed by atoms with Crippen molar-refractivity contribution in [2.75, 3.05) is 4.90 Å². The Kier molecular flexibility index (Phi) is 6.91. The molecule has 0 bridgehead atoms. The molecule has 1 unspecified atom stereocenters. The van der Waals surface area contributed by atoms with E-state index in [1.807, 2.05) is 51.1 Å². The second kappa shape index (κ2) is 10.0. The van der Waals surface area contributed by atoms with Gasteiger partial charge >= 0.3 is 0 Å². The van der Waals surface area contributed by atoms with Crippen molar-refractivity contribution in [1.82, 2.24) is 20.3 Å². The first-order valence-corrected chi connectivity index (χ1v) is 11.5. The van der Waals surface area contributed by atoms with Crippen molar-refractivity contribution < 1.29 is 14.0 Å². The molecule has 1 aromatic heterocycles. The molecule has 0 aliphatic carbocycles. The molecule has 2 amide bonds. The summed E-state index contributed by atoms with van der Waals surface area (Å²) >= 11 is 0. The number of hydrogen-bond donors (Lipinski definition) is 1. The highest BCUT2D eigenvalue weighted by molar-refractivity contribution is 6.01. The van der Waals surface area contributed by atoms with E-state index in [2.05, 4.69) is 15.6 Å². The molecule has 4 rings (SSSR count). The van der Waals surface area contributed by atoms with E-state index in [4.69, 9.17) is 0 Å². The number of para-hydroxylation sites is 2. The second-order valence-corrected chi connectivity index (χ2v) is 9.02. The lowest BCUT2D eigenvalue weighted by molar-refractivity contribution is -0.128. The highest BCUT2D eigenvalue weighted by Crippen LogP contribution is 2.29. The molecule has 1 N–H and O–H groups in total. The van der Waals surface area contributed by atoms with Crippen LogP contribution in [0.2, 0.25) is 0 Å². The molecule has 1 heterocycles. The van der Waals surface area contributed by atoms with Gasteiger partial charge in [0.1, 0.15) is 23.9 Å². The lowest BCUT2D eigenvalue weighted by Crippen LogP contribution is -2.51. The SMILES string of the molecule is CCC(C)(C)NC(=O)C(c1ccc(F)cc1)N(C(=O)Cn1nnc2ccccc21)c1ccccc1. The van der Waals surface area contributed by atoms with Gasteiger partial charge in [-0.3, -0.25) is 14.5 Å². The van der Waals surface area contributed by atoms with Gasteiger partial charge in [0, 0.05) is 11.2 Å². The Morgan fingerprint density at radius 2 is 1.66 bits per heavy atom. The average molecular weight is 474 g/mol. The van der Waals surface area contributed by atoms with Crippen LogP contribution in [0.25, 0.3) is 11.0 Å². The van der Waals surface area contributed by atoms with Crippen LogP contribution in [0, 0.1) is 5.82 Å². The molecule has 7 nitrogen and oxygen atoms in total. The van der Waals surface area contributed by atoms with E-state index >= 15 is 0 Å². The van der Waals surface area contributed by atoms with Gasteiger partial charge in [0.2, 0.25) is 11.8 Å². The minimum absolute atomic E-state index is 0.127. The van der Waals surface area contributed by atoms with E-state index in [1.54, 1.807) is 24.3 Å². The van der Waals surface area contributed by atoms with Crippen molar-refractivity contribution in [2.24, 2.45) is 0 Å². The number of carbonyl (C=O) groups excluding carboxylic acids is 2. The van der Waals surface area contributed by atoms with Gasteiger partial charge in [-0.05, 0) is 62.2 Å². The summed E-state index contributed by atoms with van der Waals surface area (Å²) in [5.41, 5.74) is 1.92. The van der Waals surface area contributed by atoms with E-state index in [9.17, 15) is 14.0 Å². The molecule has 180 valence electrons. The van der Waals surface area contributed by atoms with Crippen LogP contribution >= 0.6 is 0 Å². The number of anilines is 1. The predicted octanol–water partition coefficient (Wildman–Crippen LogP) is 4.65. The monoisotopic (exact) mass is 473 g/mol. The summed E-state index contributed by atoms with van der Waals surface area (Å²) < 4.78 is 15.3. The van der Waals surface area contributed by atoms with Crippen molar-refractivity contribution in [3.63, 3.8) is 0 Å². The van der Waals surface area contributed by atoms with Gasteiger partial charge in [-0.2, -0.15) is 0 Å². The zero-order valence-corrected chi connectivity index (χ0v) is 20.0. The second-order valence-electron chi connectivity index (χ2n) is 9.02. The zero-order valence-electron chi connectivity index (χ0n) is 20.0. The standard InChI is InChI=1S/C27H28FN5O2/c1-4-27(2,3)29-26(35)25(19-14-16-20(28)17-15-19)33(21-10-6-5-7-11-21)24(34)18-32-23-13-9-8-12-22(23)30-31-32/h5-17,25H,4,18H2,1-3H3,(H,29,35). The number of rotatable bonds is 8. The van der Waals surface area contributed by atoms with Crippen LogP contribution in [-0.2, 0) is 16.1 Å². The topological polar surface area (TPSA) is 80.1 Å². The maximum atomic E-state index is 13.9. The van der Waals surface area contributed by atoms with Crippen LogP contribution in [0.5, 0.6) is 0 Å². The van der Waals surface area contributed by atoms with Crippen molar-refractivity contribution in [3.8, 4) is 0 Å². The Labute approximate surface area is 203 Å². The summed E-state index contributed by atoms with van der Waals surface area (Å²) in [5, 5.41) is 11.3. The first-order chi connectivity index (χ1) is 16.8. The molecule has 0 radical (unpaired) electrons. The quantitative estimate of drug-likeness (QED) is 0.404. The highest BCUT2D eigenvalue weighted by Gasteiger charge is 2.35. The van der Waals surface area contributed by atoms with Crippen molar-refractivity contribution >= 4 is 28.5 Å². The van der Waals surface area contributed by atoms with Gasteiger partial charge in [0.15, 0.2) is 0 Å². The van der Waals surface area contributed by atoms with Crippen molar-refractivity contribution in [3.05, 3.63) is 90.2 Å². The molecule has 3 aromatic carbocycles. The molecule has 0 fully saturated rings. The molecule has 0 saturated heterocycles. The molecule has 4 aromatic rings. The number of fused-ring (bicyclic) bond motifs is 1. The molecule has 1 atom stereocenters. The Morgan fingerprint density at radius 3 is 2.34 bits per heavy atom. The average Bonchev–Trinajstić information content (AvgIpc) is 3.26. The number of carbonyl (C=O) groups is 2. The van der Waals surface area contributed by atoms with Gasteiger partial charge in [-0.25, -0.2) is 9.07 Å². The lowest BCUT2D eigenvalue weighted by atomic mass is 9.98. The van der Waals surface area contributed by atoms with Crippen LogP contribution < -0.4 is 10.2 Å². The van der Waals surface area contributed by atoms with Crippen molar-refractivity contribution in [1.29, 1.82) is 0 Å². The van der Waals surface area contributed by atoms with E-state index in [1.165, 1.54) is 33.8 Å². The normalized spacial score (nSPS) is 12.3. The summed E-state index contributed by atoms with van der Waals surface area (Å²) in [6.07, 6.45) is 0.694. The summed E-state index contributed by atoms with van der Waals surface area (Å²) in [7, 11) is 0. The molecular formula is C27H28FN5O2. The van der Waals surface area contributed by atoms with Crippen molar-refractivity contribution in [2.45, 2.75) is 45.3 Å². The van der Waals surface area contributed by atoms with Crippen LogP contribution in [-0.4, -0.2) is 32.3 Å². The number of aromatic nitrogens is 3. The van der Waals surface area contributed by atoms with Crippen LogP contribution in [0.1, 0.15) is 38.8 Å². The Bertz CT molecular complexity index is 1320. The summed E-state index contributed by atoms with van der Waals surface area (Å²) in [5.74, 6) is -1.14. The first kappa shape index (κ1) is 24.1. The lowest BCUT2D eigenvalue weighted by Gasteiger charge is -2.34. The number of benzene rings is 3. The zero-order chi connectivity index (χ0) is 25.0. The number of halogens is 1. The van der Waals surface area contributed by atoms with Gasteiger partial charge in [0.05, 0.1) is 5.52 Å². The molecule has 0 aliphatic rings. The summed E-state index contributed by atoms with van der Waals surface area (Å²) in [6.45, 7) is 5.69. The van der Waals surface area contributed by atoms with Gasteiger partial charge in [0.25, 0.3) is 0 Å². The van der Waals surface area contributed by atoms with Gasteiger partial charge in [-0.1, -0.05) is 54.6 Å². The van der Waals surface area contributed by atoms with Crippen LogP contribution in [0.3, 0.4) is 0 Å². The summed E-state index contributed by atoms with van der Waals surface area (Å²) in [4.78, 5) is 29.0. The van der Waals surface area contributed by atoms with E-state index in [-0.39, 0.29) is 18.4 Å². The number of nitrogens with one attached hydrogen (secondary N) is 1. The minimum atomic E-state index is -1.02. The fourth-order valence-corrected chi connectivity index (χ4v) is 3.82. The smallest absolute Gasteiger partial charge is 0.249 e.